The minimum absolute atomic E-state index is 0.0161. The topological polar surface area (TPSA) is 12.9 Å². The molecule has 0 saturated carbocycles. The molecule has 0 aliphatic rings. The summed E-state index contributed by atoms with van der Waals surface area (Å²) in [6.45, 7) is 1.94. The van der Waals surface area contributed by atoms with Crippen LogP contribution < -0.4 is 0 Å². The molecule has 0 unspecified atom stereocenters. The Kier molecular flexibility index (Phi) is 2.03. The molecule has 2 aromatic rings. The molecule has 0 saturated heterocycles. The van der Waals surface area contributed by atoms with E-state index in [9.17, 15) is 0 Å². The summed E-state index contributed by atoms with van der Waals surface area (Å²) in [7, 11) is 0. The lowest BCUT2D eigenvalue weighted by Gasteiger charge is -1.91. The summed E-state index contributed by atoms with van der Waals surface area (Å²) in [5.74, 6) is 0. The van der Waals surface area contributed by atoms with Gasteiger partial charge in [-0.25, -0.2) is 4.98 Å². The molecule has 1 nitrogen and oxygen atoms in total. The second-order valence-electron chi connectivity index (χ2n) is 2.64. The third-order valence-corrected chi connectivity index (χ3v) is 3.21. The van der Waals surface area contributed by atoms with Crippen molar-refractivity contribution >= 4 is 33.2 Å². The first-order valence-electron chi connectivity index (χ1n) is 3.77. The molecule has 3 heteroatoms. The zero-order valence-electron chi connectivity index (χ0n) is 6.62. The summed E-state index contributed by atoms with van der Waals surface area (Å²) < 4.78 is 1.21. The Bertz CT molecular complexity index is 361. The van der Waals surface area contributed by atoms with Gasteiger partial charge in [0, 0.05) is 0 Å². The predicted molar refractivity (Wildman–Crippen MR) is 53.9 cm³/mol. The Labute approximate surface area is 80.0 Å². The zero-order chi connectivity index (χ0) is 8.55. The van der Waals surface area contributed by atoms with E-state index >= 15 is 0 Å². The first-order chi connectivity index (χ1) is 5.77. The number of hydrogen-bond acceptors (Lipinski definition) is 2. The summed E-state index contributed by atoms with van der Waals surface area (Å²) in [5.41, 5.74) is 1.05. The molecule has 0 amide bonds. The number of para-hydroxylation sites is 1. The van der Waals surface area contributed by atoms with Gasteiger partial charge in [-0.2, -0.15) is 0 Å². The molecule has 0 radical (unpaired) electrons. The molecule has 0 bridgehead atoms. The summed E-state index contributed by atoms with van der Waals surface area (Å²) >= 11 is 7.58. The molecule has 0 aliphatic heterocycles. The standard InChI is InChI=1S/C9H8ClNS/c1-6(10)9-11-7-4-2-3-5-8(7)12-9/h2-6H,1H3/t6-/m0/s1. The van der Waals surface area contributed by atoms with E-state index in [1.54, 1.807) is 11.3 Å². The smallest absolute Gasteiger partial charge is 0.111 e. The van der Waals surface area contributed by atoms with Gasteiger partial charge in [0.25, 0.3) is 0 Å². The van der Waals surface area contributed by atoms with Crippen LogP contribution in [0.25, 0.3) is 10.2 Å². The molecule has 0 spiro atoms. The Hall–Kier alpha value is -0.600. The summed E-state index contributed by atoms with van der Waals surface area (Å²) in [5, 5.41) is 1.01. The Balaban J connectivity index is 2.62. The highest BCUT2D eigenvalue weighted by Gasteiger charge is 2.07. The van der Waals surface area contributed by atoms with Crippen molar-refractivity contribution in [3.8, 4) is 0 Å². The SMILES string of the molecule is C[C@H](Cl)c1nc2ccccc2s1. The van der Waals surface area contributed by atoms with Crippen LogP contribution in [-0.4, -0.2) is 4.98 Å². The van der Waals surface area contributed by atoms with Crippen molar-refractivity contribution < 1.29 is 0 Å². The maximum absolute atomic E-state index is 5.92. The highest BCUT2D eigenvalue weighted by atomic mass is 35.5. The van der Waals surface area contributed by atoms with Gasteiger partial charge in [0.15, 0.2) is 0 Å². The minimum atomic E-state index is 0.0161. The number of nitrogens with zero attached hydrogens (tertiary/aromatic N) is 1. The van der Waals surface area contributed by atoms with Crippen LogP contribution >= 0.6 is 22.9 Å². The van der Waals surface area contributed by atoms with E-state index in [1.807, 2.05) is 25.1 Å². The molecule has 1 heterocycles. The number of aromatic nitrogens is 1. The van der Waals surface area contributed by atoms with E-state index in [-0.39, 0.29) is 5.38 Å². The Morgan fingerprint density at radius 2 is 2.17 bits per heavy atom. The van der Waals surface area contributed by atoms with Gasteiger partial charge in [0.05, 0.1) is 15.6 Å². The van der Waals surface area contributed by atoms with Gasteiger partial charge in [-0.3, -0.25) is 0 Å². The van der Waals surface area contributed by atoms with E-state index < -0.39 is 0 Å². The van der Waals surface area contributed by atoms with Gasteiger partial charge in [-0.1, -0.05) is 12.1 Å². The van der Waals surface area contributed by atoms with Crippen molar-refractivity contribution in [2.45, 2.75) is 12.3 Å². The van der Waals surface area contributed by atoms with Crippen LogP contribution in [0, 0.1) is 0 Å². The fourth-order valence-electron chi connectivity index (χ4n) is 1.06. The number of rotatable bonds is 1. The average molecular weight is 198 g/mol. The van der Waals surface area contributed by atoms with Crippen molar-refractivity contribution in [1.29, 1.82) is 0 Å². The zero-order valence-corrected chi connectivity index (χ0v) is 8.19. The van der Waals surface area contributed by atoms with Crippen molar-refractivity contribution in [3.05, 3.63) is 29.3 Å². The van der Waals surface area contributed by atoms with E-state index in [4.69, 9.17) is 11.6 Å². The quantitative estimate of drug-likeness (QED) is 0.637. The fourth-order valence-corrected chi connectivity index (χ4v) is 2.14. The number of benzene rings is 1. The molecule has 12 heavy (non-hydrogen) atoms. The van der Waals surface area contributed by atoms with Crippen molar-refractivity contribution in [3.63, 3.8) is 0 Å². The van der Waals surface area contributed by atoms with E-state index in [2.05, 4.69) is 11.1 Å². The van der Waals surface area contributed by atoms with Crippen LogP contribution in [0.1, 0.15) is 17.3 Å². The third-order valence-electron chi connectivity index (χ3n) is 1.65. The summed E-state index contributed by atoms with van der Waals surface area (Å²) in [6.07, 6.45) is 0. The largest absolute Gasteiger partial charge is 0.240 e. The fraction of sp³-hybridized carbons (Fsp3) is 0.222. The number of alkyl halides is 1. The normalized spacial score (nSPS) is 13.5. The highest BCUT2D eigenvalue weighted by molar-refractivity contribution is 7.18. The molecular formula is C9H8ClNS. The maximum Gasteiger partial charge on any atom is 0.111 e. The van der Waals surface area contributed by atoms with Gasteiger partial charge >= 0.3 is 0 Å². The molecule has 1 aromatic carbocycles. The molecule has 62 valence electrons. The van der Waals surface area contributed by atoms with Crippen LogP contribution in [0.3, 0.4) is 0 Å². The summed E-state index contributed by atoms with van der Waals surface area (Å²) in [6, 6.07) is 8.08. The third kappa shape index (κ3) is 1.32. The molecule has 1 aromatic heterocycles. The number of thiazole rings is 1. The lowest BCUT2D eigenvalue weighted by atomic mass is 10.3. The average Bonchev–Trinajstić information content (AvgIpc) is 2.46. The maximum atomic E-state index is 5.92. The molecule has 1 atom stereocenters. The highest BCUT2D eigenvalue weighted by Crippen LogP contribution is 2.28. The molecular weight excluding hydrogens is 190 g/mol. The number of halogens is 1. The van der Waals surface area contributed by atoms with Crippen LogP contribution in [0.15, 0.2) is 24.3 Å². The lowest BCUT2D eigenvalue weighted by molar-refractivity contribution is 1.06. The molecule has 0 fully saturated rings. The Morgan fingerprint density at radius 1 is 1.42 bits per heavy atom. The molecule has 0 aliphatic carbocycles. The van der Waals surface area contributed by atoms with E-state index in [0.717, 1.165) is 10.5 Å². The van der Waals surface area contributed by atoms with E-state index in [0.29, 0.717) is 0 Å². The van der Waals surface area contributed by atoms with Crippen molar-refractivity contribution in [2.75, 3.05) is 0 Å². The van der Waals surface area contributed by atoms with Crippen LogP contribution in [0.5, 0.6) is 0 Å². The van der Waals surface area contributed by atoms with Crippen LogP contribution in [0.2, 0.25) is 0 Å². The first kappa shape index (κ1) is 8.02. The van der Waals surface area contributed by atoms with Gasteiger partial charge in [-0.15, -0.1) is 22.9 Å². The van der Waals surface area contributed by atoms with E-state index in [1.165, 1.54) is 4.70 Å². The second kappa shape index (κ2) is 3.04. The monoisotopic (exact) mass is 197 g/mol. The minimum Gasteiger partial charge on any atom is -0.240 e. The van der Waals surface area contributed by atoms with Crippen LogP contribution in [-0.2, 0) is 0 Å². The molecule has 2 rings (SSSR count). The van der Waals surface area contributed by atoms with Gasteiger partial charge in [-0.05, 0) is 19.1 Å². The van der Waals surface area contributed by atoms with Crippen molar-refractivity contribution in [2.24, 2.45) is 0 Å². The lowest BCUT2D eigenvalue weighted by Crippen LogP contribution is -1.79. The predicted octanol–water partition coefficient (Wildman–Crippen LogP) is 3.60. The van der Waals surface area contributed by atoms with Gasteiger partial charge in [0.1, 0.15) is 5.01 Å². The first-order valence-corrected chi connectivity index (χ1v) is 5.02. The second-order valence-corrected chi connectivity index (χ2v) is 4.35. The van der Waals surface area contributed by atoms with Gasteiger partial charge in [0.2, 0.25) is 0 Å². The number of fused-ring (bicyclic) bond motifs is 1. The number of hydrogen-bond donors (Lipinski definition) is 0. The van der Waals surface area contributed by atoms with Gasteiger partial charge < -0.3 is 0 Å². The van der Waals surface area contributed by atoms with Crippen LogP contribution in [0.4, 0.5) is 0 Å². The van der Waals surface area contributed by atoms with Crippen molar-refractivity contribution in [1.82, 2.24) is 4.98 Å². The summed E-state index contributed by atoms with van der Waals surface area (Å²) in [4.78, 5) is 4.40. The Morgan fingerprint density at radius 3 is 2.83 bits per heavy atom. The molecule has 0 N–H and O–H groups in total.